The van der Waals surface area contributed by atoms with Gasteiger partial charge in [-0.3, -0.25) is 19.7 Å². The minimum atomic E-state index is -0.523. The van der Waals surface area contributed by atoms with Crippen molar-refractivity contribution in [3.05, 3.63) is 68.6 Å². The molecule has 3 aromatic rings. The normalized spacial score (nSPS) is 10.4. The highest BCUT2D eigenvalue weighted by Gasteiger charge is 2.17. The van der Waals surface area contributed by atoms with Gasteiger partial charge >= 0.3 is 0 Å². The number of thiophene rings is 1. The van der Waals surface area contributed by atoms with Crippen molar-refractivity contribution in [2.45, 2.75) is 0 Å². The summed E-state index contributed by atoms with van der Waals surface area (Å²) in [7, 11) is 1.39. The Kier molecular flexibility index (Phi) is 6.25. The third-order valence-electron chi connectivity index (χ3n) is 3.93. The molecule has 0 radical (unpaired) electrons. The highest BCUT2D eigenvalue weighted by atomic mass is 32.1. The van der Waals surface area contributed by atoms with Crippen molar-refractivity contribution < 1.29 is 23.7 Å². The van der Waals surface area contributed by atoms with Gasteiger partial charge in [0, 0.05) is 19.2 Å². The van der Waals surface area contributed by atoms with Gasteiger partial charge in [-0.15, -0.1) is 11.3 Å². The van der Waals surface area contributed by atoms with Crippen molar-refractivity contribution in [1.82, 2.24) is 10.6 Å². The second-order valence-electron chi connectivity index (χ2n) is 5.79. The van der Waals surface area contributed by atoms with Crippen LogP contribution in [0.5, 0.6) is 5.75 Å². The Morgan fingerprint density at radius 3 is 2.55 bits per heavy atom. The van der Waals surface area contributed by atoms with Gasteiger partial charge in [0.1, 0.15) is 11.5 Å². The van der Waals surface area contributed by atoms with Gasteiger partial charge in [0.15, 0.2) is 5.76 Å². The number of carbonyl (C=O) groups is 2. The highest BCUT2D eigenvalue weighted by Crippen LogP contribution is 2.34. The number of non-ortho nitro benzene ring substituents is 1. The van der Waals surface area contributed by atoms with E-state index >= 15 is 0 Å². The van der Waals surface area contributed by atoms with Crippen LogP contribution in [0.2, 0.25) is 0 Å². The molecular formula is C19H17N3O6S. The molecule has 2 aromatic heterocycles. The molecule has 0 aliphatic carbocycles. The van der Waals surface area contributed by atoms with Crippen LogP contribution in [0.3, 0.4) is 0 Å². The lowest BCUT2D eigenvalue weighted by molar-refractivity contribution is -0.384. The fourth-order valence-corrected chi connectivity index (χ4v) is 3.18. The minimum absolute atomic E-state index is 0.0741. The maximum atomic E-state index is 12.2. The summed E-state index contributed by atoms with van der Waals surface area (Å²) in [6.45, 7) is 0.499. The Morgan fingerprint density at radius 2 is 1.90 bits per heavy atom. The lowest BCUT2D eigenvalue weighted by atomic mass is 10.1. The number of nitrogens with zero attached hydrogens (tertiary/aromatic N) is 1. The van der Waals surface area contributed by atoms with Gasteiger partial charge in [-0.05, 0) is 29.6 Å². The Balaban J connectivity index is 1.59. The quantitative estimate of drug-likeness (QED) is 0.331. The molecular weight excluding hydrogens is 398 g/mol. The molecule has 2 amide bonds. The molecule has 150 valence electrons. The van der Waals surface area contributed by atoms with E-state index in [-0.39, 0.29) is 36.2 Å². The summed E-state index contributed by atoms with van der Waals surface area (Å²) in [5.74, 6) is 0.0389. The lowest BCUT2D eigenvalue weighted by Crippen LogP contribution is -2.34. The number of benzene rings is 1. The van der Waals surface area contributed by atoms with Crippen LogP contribution >= 0.6 is 11.3 Å². The van der Waals surface area contributed by atoms with E-state index < -0.39 is 10.8 Å². The smallest absolute Gasteiger partial charge is 0.287 e. The number of methoxy groups -OCH3 is 1. The Labute approximate surface area is 169 Å². The Bertz CT molecular complexity index is 1030. The van der Waals surface area contributed by atoms with Crippen LogP contribution in [0.4, 0.5) is 5.69 Å². The van der Waals surface area contributed by atoms with Crippen LogP contribution in [0.25, 0.3) is 11.3 Å². The van der Waals surface area contributed by atoms with E-state index in [0.717, 1.165) is 0 Å². The zero-order valence-electron chi connectivity index (χ0n) is 15.3. The van der Waals surface area contributed by atoms with Crippen molar-refractivity contribution in [2.24, 2.45) is 0 Å². The van der Waals surface area contributed by atoms with Gasteiger partial charge in [-0.2, -0.15) is 0 Å². The van der Waals surface area contributed by atoms with Crippen molar-refractivity contribution in [3.8, 4) is 17.1 Å². The zero-order chi connectivity index (χ0) is 20.8. The molecule has 0 spiro atoms. The van der Waals surface area contributed by atoms with E-state index in [0.29, 0.717) is 16.2 Å². The Morgan fingerprint density at radius 1 is 1.14 bits per heavy atom. The maximum Gasteiger partial charge on any atom is 0.287 e. The first kappa shape index (κ1) is 20.1. The summed E-state index contributed by atoms with van der Waals surface area (Å²) in [6, 6.07) is 10.7. The molecule has 2 N–H and O–H groups in total. The van der Waals surface area contributed by atoms with E-state index in [2.05, 4.69) is 10.6 Å². The third kappa shape index (κ3) is 4.79. The van der Waals surface area contributed by atoms with Crippen LogP contribution in [0, 0.1) is 10.1 Å². The van der Waals surface area contributed by atoms with E-state index in [1.54, 1.807) is 18.2 Å². The fourth-order valence-electron chi connectivity index (χ4n) is 2.54. The van der Waals surface area contributed by atoms with Crippen molar-refractivity contribution in [2.75, 3.05) is 20.2 Å². The molecule has 0 unspecified atom stereocenters. The summed E-state index contributed by atoms with van der Waals surface area (Å²) < 4.78 is 10.8. The molecule has 0 aliphatic heterocycles. The largest absolute Gasteiger partial charge is 0.496 e. The fraction of sp³-hybridized carbons (Fsp3) is 0.158. The number of furan rings is 1. The maximum absolute atomic E-state index is 12.2. The Hall–Kier alpha value is -3.66. The molecule has 0 fully saturated rings. The van der Waals surface area contributed by atoms with Crippen LogP contribution in [-0.4, -0.2) is 36.9 Å². The van der Waals surface area contributed by atoms with Crippen LogP contribution in [0.1, 0.15) is 20.2 Å². The number of rotatable bonds is 8. The molecule has 3 rings (SSSR count). The molecule has 0 bridgehead atoms. The number of nitro groups is 1. The predicted molar refractivity (Wildman–Crippen MR) is 106 cm³/mol. The van der Waals surface area contributed by atoms with Gasteiger partial charge < -0.3 is 19.8 Å². The number of nitro benzene ring substituents is 1. The number of ether oxygens (including phenoxy) is 1. The molecule has 10 heteroatoms. The number of amides is 2. The van der Waals surface area contributed by atoms with Crippen LogP contribution < -0.4 is 15.4 Å². The number of carbonyl (C=O) groups excluding carboxylic acids is 2. The van der Waals surface area contributed by atoms with E-state index in [9.17, 15) is 19.7 Å². The van der Waals surface area contributed by atoms with E-state index in [1.807, 2.05) is 5.38 Å². The second-order valence-corrected chi connectivity index (χ2v) is 6.74. The molecule has 29 heavy (non-hydrogen) atoms. The van der Waals surface area contributed by atoms with Gasteiger partial charge in [0.25, 0.3) is 17.5 Å². The molecule has 0 atom stereocenters. The zero-order valence-corrected chi connectivity index (χ0v) is 16.2. The summed E-state index contributed by atoms with van der Waals surface area (Å²) >= 11 is 1.34. The SMILES string of the molecule is COc1cc([N+](=O)[O-])ccc1-c1ccc(C(=O)NCCNC(=O)c2cccs2)o1. The minimum Gasteiger partial charge on any atom is -0.496 e. The van der Waals surface area contributed by atoms with Crippen LogP contribution in [-0.2, 0) is 0 Å². The highest BCUT2D eigenvalue weighted by molar-refractivity contribution is 7.12. The molecule has 0 saturated heterocycles. The van der Waals surface area contributed by atoms with E-state index in [4.69, 9.17) is 9.15 Å². The summed E-state index contributed by atoms with van der Waals surface area (Å²) in [5, 5.41) is 18.1. The lowest BCUT2D eigenvalue weighted by Gasteiger charge is -2.06. The van der Waals surface area contributed by atoms with Crippen molar-refractivity contribution in [3.63, 3.8) is 0 Å². The average Bonchev–Trinajstić information content (AvgIpc) is 3.42. The number of hydrogen-bond donors (Lipinski definition) is 2. The summed E-state index contributed by atoms with van der Waals surface area (Å²) in [4.78, 5) is 35.0. The average molecular weight is 415 g/mol. The van der Waals surface area contributed by atoms with Gasteiger partial charge in [-0.1, -0.05) is 6.07 Å². The van der Waals surface area contributed by atoms with Crippen molar-refractivity contribution >= 4 is 28.8 Å². The molecule has 2 heterocycles. The van der Waals surface area contributed by atoms with Gasteiger partial charge in [0.05, 0.1) is 28.5 Å². The molecule has 0 saturated carbocycles. The molecule has 1 aromatic carbocycles. The van der Waals surface area contributed by atoms with Gasteiger partial charge in [-0.25, -0.2) is 0 Å². The summed E-state index contributed by atoms with van der Waals surface area (Å²) in [5.41, 5.74) is 0.375. The first-order valence-electron chi connectivity index (χ1n) is 8.52. The molecule has 9 nitrogen and oxygen atoms in total. The van der Waals surface area contributed by atoms with E-state index in [1.165, 1.54) is 42.7 Å². The molecule has 0 aliphatic rings. The first-order valence-corrected chi connectivity index (χ1v) is 9.40. The number of hydrogen-bond acceptors (Lipinski definition) is 7. The predicted octanol–water partition coefficient (Wildman–Crippen LogP) is 3.08. The topological polar surface area (TPSA) is 124 Å². The number of nitrogens with one attached hydrogen (secondary N) is 2. The van der Waals surface area contributed by atoms with Gasteiger partial charge in [0.2, 0.25) is 0 Å². The van der Waals surface area contributed by atoms with Crippen molar-refractivity contribution in [1.29, 1.82) is 0 Å². The van der Waals surface area contributed by atoms with Crippen LogP contribution in [0.15, 0.2) is 52.3 Å². The monoisotopic (exact) mass is 415 g/mol. The first-order chi connectivity index (χ1) is 14.0. The third-order valence-corrected chi connectivity index (χ3v) is 4.80. The standard InChI is InChI=1S/C19H17N3O6S/c1-27-16-11-12(22(25)26)4-5-13(16)14-6-7-15(28-14)18(23)20-8-9-21-19(24)17-3-2-10-29-17/h2-7,10-11H,8-9H2,1H3,(H,20,23)(H,21,24). The second kappa shape index (κ2) is 9.02. The summed E-state index contributed by atoms with van der Waals surface area (Å²) in [6.07, 6.45) is 0.